The molecule has 3 heterocycles. The first-order valence-electron chi connectivity index (χ1n) is 8.35. The van der Waals surface area contributed by atoms with E-state index in [0.717, 1.165) is 11.1 Å². The lowest BCUT2D eigenvalue weighted by atomic mass is 10.1. The van der Waals surface area contributed by atoms with Crippen LogP contribution in [0.2, 0.25) is 5.02 Å². The van der Waals surface area contributed by atoms with Gasteiger partial charge in [0, 0.05) is 28.5 Å². The van der Waals surface area contributed by atoms with Crippen LogP contribution in [0.15, 0.2) is 66.0 Å². The summed E-state index contributed by atoms with van der Waals surface area (Å²) in [6.07, 6.45) is 4.80. The summed E-state index contributed by atoms with van der Waals surface area (Å²) in [6, 6.07) is 12.7. The molecule has 0 aliphatic carbocycles. The van der Waals surface area contributed by atoms with Crippen molar-refractivity contribution in [3.8, 4) is 22.5 Å². The van der Waals surface area contributed by atoms with Gasteiger partial charge in [-0.15, -0.1) is 0 Å². The third kappa shape index (κ3) is 3.32. The first-order chi connectivity index (χ1) is 13.2. The maximum Gasteiger partial charge on any atom is 0.261 e. The normalized spacial score (nSPS) is 11.0. The minimum atomic E-state index is -0.225. The highest BCUT2D eigenvalue weighted by Gasteiger charge is 2.15. The Morgan fingerprint density at radius 3 is 2.63 bits per heavy atom. The molecule has 4 rings (SSSR count). The maximum absolute atomic E-state index is 12.9. The molecule has 0 bridgehead atoms. The minimum Gasteiger partial charge on any atom is -0.395 e. The van der Waals surface area contributed by atoms with E-state index in [0.29, 0.717) is 27.3 Å². The number of aliphatic hydroxyl groups excluding tert-OH is 1. The lowest BCUT2D eigenvalue weighted by Crippen LogP contribution is -2.22. The third-order valence-electron chi connectivity index (χ3n) is 4.23. The van der Waals surface area contributed by atoms with Crippen LogP contribution < -0.4 is 5.56 Å². The number of aromatic nitrogens is 4. The summed E-state index contributed by atoms with van der Waals surface area (Å²) in [7, 11) is 0. The van der Waals surface area contributed by atoms with Crippen molar-refractivity contribution in [3.05, 3.63) is 76.6 Å². The first kappa shape index (κ1) is 17.3. The van der Waals surface area contributed by atoms with E-state index in [4.69, 9.17) is 16.6 Å². The molecule has 7 heteroatoms. The molecule has 0 amide bonds. The van der Waals surface area contributed by atoms with Gasteiger partial charge in [-0.25, -0.2) is 9.97 Å². The largest absolute Gasteiger partial charge is 0.395 e. The van der Waals surface area contributed by atoms with Crippen molar-refractivity contribution < 1.29 is 5.11 Å². The SMILES string of the molecule is O=c1c2cc(-c3ccc(Cl)cc3)nc(-c3cccnc3)c2ncn1CCO. The average Bonchev–Trinajstić information content (AvgIpc) is 2.71. The number of rotatable bonds is 4. The molecule has 0 fully saturated rings. The van der Waals surface area contributed by atoms with Gasteiger partial charge in [-0.05, 0) is 30.3 Å². The van der Waals surface area contributed by atoms with Gasteiger partial charge in [0.1, 0.15) is 5.52 Å². The van der Waals surface area contributed by atoms with Crippen molar-refractivity contribution in [3.63, 3.8) is 0 Å². The summed E-state index contributed by atoms with van der Waals surface area (Å²) >= 11 is 5.99. The van der Waals surface area contributed by atoms with Gasteiger partial charge in [0.25, 0.3) is 5.56 Å². The van der Waals surface area contributed by atoms with Gasteiger partial charge in [-0.1, -0.05) is 23.7 Å². The van der Waals surface area contributed by atoms with Gasteiger partial charge in [0.2, 0.25) is 0 Å². The van der Waals surface area contributed by atoms with E-state index in [2.05, 4.69) is 9.97 Å². The second-order valence-corrected chi connectivity index (χ2v) is 6.40. The smallest absolute Gasteiger partial charge is 0.261 e. The van der Waals surface area contributed by atoms with E-state index in [1.54, 1.807) is 30.6 Å². The zero-order chi connectivity index (χ0) is 18.8. The zero-order valence-electron chi connectivity index (χ0n) is 14.2. The number of nitrogens with zero attached hydrogens (tertiary/aromatic N) is 4. The number of hydrogen-bond acceptors (Lipinski definition) is 5. The summed E-state index contributed by atoms with van der Waals surface area (Å²) in [4.78, 5) is 26.2. The van der Waals surface area contributed by atoms with E-state index in [-0.39, 0.29) is 18.7 Å². The van der Waals surface area contributed by atoms with Crippen molar-refractivity contribution in [1.29, 1.82) is 0 Å². The molecule has 3 aromatic heterocycles. The summed E-state index contributed by atoms with van der Waals surface area (Å²) < 4.78 is 1.39. The molecule has 0 aliphatic rings. The summed E-state index contributed by atoms with van der Waals surface area (Å²) in [6.45, 7) is 0.0419. The molecule has 0 radical (unpaired) electrons. The first-order valence-corrected chi connectivity index (χ1v) is 8.72. The van der Waals surface area contributed by atoms with Crippen molar-refractivity contribution >= 4 is 22.5 Å². The average molecular weight is 379 g/mol. The Kier molecular flexibility index (Phi) is 4.66. The van der Waals surface area contributed by atoms with E-state index >= 15 is 0 Å². The molecule has 0 atom stereocenters. The lowest BCUT2D eigenvalue weighted by Gasteiger charge is -2.11. The van der Waals surface area contributed by atoms with Crippen molar-refractivity contribution in [1.82, 2.24) is 19.5 Å². The van der Waals surface area contributed by atoms with Crippen molar-refractivity contribution in [2.45, 2.75) is 6.54 Å². The van der Waals surface area contributed by atoms with Crippen molar-refractivity contribution in [2.75, 3.05) is 6.61 Å². The van der Waals surface area contributed by atoms with Crippen LogP contribution >= 0.6 is 11.6 Å². The van der Waals surface area contributed by atoms with Gasteiger partial charge >= 0.3 is 0 Å². The van der Waals surface area contributed by atoms with E-state index in [1.807, 2.05) is 24.3 Å². The Balaban J connectivity index is 2.03. The number of fused-ring (bicyclic) bond motifs is 1. The van der Waals surface area contributed by atoms with Gasteiger partial charge < -0.3 is 5.11 Å². The summed E-state index contributed by atoms with van der Waals surface area (Å²) in [5, 5.41) is 10.2. The van der Waals surface area contributed by atoms with Gasteiger partial charge in [-0.3, -0.25) is 14.3 Å². The number of pyridine rings is 2. The third-order valence-corrected chi connectivity index (χ3v) is 4.48. The highest BCUT2D eigenvalue weighted by molar-refractivity contribution is 6.30. The van der Waals surface area contributed by atoms with Crippen LogP contribution in [-0.2, 0) is 6.54 Å². The predicted molar refractivity (Wildman–Crippen MR) is 105 cm³/mol. The highest BCUT2D eigenvalue weighted by Crippen LogP contribution is 2.28. The Bertz CT molecular complexity index is 1160. The molecule has 1 N–H and O–H groups in total. The quantitative estimate of drug-likeness (QED) is 0.590. The standard InChI is InChI=1S/C20H15ClN4O2/c21-15-5-3-13(4-6-15)17-10-16-19(23-12-25(8-9-26)20(16)27)18(24-17)14-2-1-7-22-11-14/h1-7,10-12,26H,8-9H2. The van der Waals surface area contributed by atoms with Crippen LogP contribution in [0.3, 0.4) is 0 Å². The topological polar surface area (TPSA) is 80.9 Å². The molecule has 0 saturated carbocycles. The molecule has 134 valence electrons. The second kappa shape index (κ2) is 7.26. The number of aliphatic hydroxyl groups is 1. The van der Waals surface area contributed by atoms with Gasteiger partial charge in [0.15, 0.2) is 0 Å². The van der Waals surface area contributed by atoms with Gasteiger partial charge in [0.05, 0.1) is 36.3 Å². The van der Waals surface area contributed by atoms with E-state index in [1.165, 1.54) is 10.9 Å². The lowest BCUT2D eigenvalue weighted by molar-refractivity contribution is 0.274. The Morgan fingerprint density at radius 2 is 1.93 bits per heavy atom. The summed E-state index contributed by atoms with van der Waals surface area (Å²) in [5.74, 6) is 0. The molecule has 6 nitrogen and oxygen atoms in total. The molecule has 27 heavy (non-hydrogen) atoms. The summed E-state index contributed by atoms with van der Waals surface area (Å²) in [5.41, 5.74) is 3.10. The fourth-order valence-electron chi connectivity index (χ4n) is 2.91. The molecule has 1 aromatic carbocycles. The van der Waals surface area contributed by atoms with Crippen molar-refractivity contribution in [2.24, 2.45) is 0 Å². The van der Waals surface area contributed by atoms with E-state index < -0.39 is 0 Å². The van der Waals surface area contributed by atoms with Crippen LogP contribution in [0, 0.1) is 0 Å². The van der Waals surface area contributed by atoms with Crippen LogP contribution in [0.4, 0.5) is 0 Å². The van der Waals surface area contributed by atoms with Crippen LogP contribution in [-0.4, -0.2) is 31.2 Å². The fourth-order valence-corrected chi connectivity index (χ4v) is 3.03. The van der Waals surface area contributed by atoms with E-state index in [9.17, 15) is 9.90 Å². The van der Waals surface area contributed by atoms with Gasteiger partial charge in [-0.2, -0.15) is 0 Å². The monoisotopic (exact) mass is 378 g/mol. The molecule has 4 aromatic rings. The molecular formula is C20H15ClN4O2. The number of halogens is 1. The predicted octanol–water partition coefficient (Wildman–Crippen LogP) is 3.17. The second-order valence-electron chi connectivity index (χ2n) is 5.97. The maximum atomic E-state index is 12.9. The molecule has 0 saturated heterocycles. The Labute approximate surface area is 159 Å². The van der Waals surface area contributed by atoms with Crippen LogP contribution in [0.25, 0.3) is 33.4 Å². The van der Waals surface area contributed by atoms with Crippen LogP contribution in [0.5, 0.6) is 0 Å². The minimum absolute atomic E-state index is 0.141. The Hall–Kier alpha value is -3.09. The Morgan fingerprint density at radius 1 is 1.11 bits per heavy atom. The van der Waals surface area contributed by atoms with Crippen LogP contribution in [0.1, 0.15) is 0 Å². The fraction of sp³-hybridized carbons (Fsp3) is 0.100. The zero-order valence-corrected chi connectivity index (χ0v) is 15.0. The highest BCUT2D eigenvalue weighted by atomic mass is 35.5. The molecular weight excluding hydrogens is 364 g/mol. The molecule has 0 aliphatic heterocycles. The number of hydrogen-bond donors (Lipinski definition) is 1. The number of benzene rings is 1. The molecule has 0 unspecified atom stereocenters. The molecule has 0 spiro atoms.